The summed E-state index contributed by atoms with van der Waals surface area (Å²) in [4.78, 5) is 24.5. The van der Waals surface area contributed by atoms with Gasteiger partial charge in [0.2, 0.25) is 5.91 Å². The van der Waals surface area contributed by atoms with Gasteiger partial charge < -0.3 is 14.8 Å². The maximum absolute atomic E-state index is 12.4. The average molecular weight is 408 g/mol. The van der Waals surface area contributed by atoms with Gasteiger partial charge in [-0.25, -0.2) is 0 Å². The molecule has 1 aliphatic carbocycles. The van der Waals surface area contributed by atoms with Crippen LogP contribution >= 0.6 is 0 Å². The predicted molar refractivity (Wildman–Crippen MR) is 115 cm³/mol. The Morgan fingerprint density at radius 3 is 2.50 bits per heavy atom. The van der Waals surface area contributed by atoms with Crippen molar-refractivity contribution >= 4 is 11.7 Å². The SMILES string of the molecule is O=C(CCC(=O)c1ccc(CCCC2CC2)cc1)NCC1COc2ccccc2O1. The second-order valence-corrected chi connectivity index (χ2v) is 8.26. The lowest BCUT2D eigenvalue weighted by Crippen LogP contribution is -2.40. The summed E-state index contributed by atoms with van der Waals surface area (Å²) in [7, 11) is 0. The number of hydrogen-bond donors (Lipinski definition) is 1. The topological polar surface area (TPSA) is 64.6 Å². The molecule has 2 aromatic rings. The number of carbonyl (C=O) groups excluding carboxylic acids is 2. The fourth-order valence-corrected chi connectivity index (χ4v) is 3.71. The Morgan fingerprint density at radius 1 is 0.967 bits per heavy atom. The van der Waals surface area contributed by atoms with Crippen molar-refractivity contribution in [3.05, 3.63) is 59.7 Å². The van der Waals surface area contributed by atoms with E-state index in [-0.39, 0.29) is 30.6 Å². The highest BCUT2D eigenvalue weighted by Crippen LogP contribution is 2.34. The van der Waals surface area contributed by atoms with Gasteiger partial charge in [0.15, 0.2) is 17.3 Å². The van der Waals surface area contributed by atoms with Crippen LogP contribution in [0.15, 0.2) is 48.5 Å². The van der Waals surface area contributed by atoms with Crippen LogP contribution in [0.1, 0.15) is 54.4 Å². The molecule has 0 bridgehead atoms. The second kappa shape index (κ2) is 9.79. The third-order valence-corrected chi connectivity index (χ3v) is 5.72. The number of aryl methyl sites for hydroxylation is 1. The number of rotatable bonds is 10. The zero-order valence-corrected chi connectivity index (χ0v) is 17.3. The lowest BCUT2D eigenvalue weighted by atomic mass is 10.0. The zero-order chi connectivity index (χ0) is 20.8. The maximum Gasteiger partial charge on any atom is 0.220 e. The van der Waals surface area contributed by atoms with Crippen LogP contribution in [-0.4, -0.2) is 30.9 Å². The van der Waals surface area contributed by atoms with E-state index >= 15 is 0 Å². The molecule has 0 radical (unpaired) electrons. The molecule has 1 atom stereocenters. The van der Waals surface area contributed by atoms with E-state index in [2.05, 4.69) is 5.32 Å². The smallest absolute Gasteiger partial charge is 0.220 e. The third-order valence-electron chi connectivity index (χ3n) is 5.72. The van der Waals surface area contributed by atoms with E-state index in [0.717, 1.165) is 18.1 Å². The van der Waals surface area contributed by atoms with E-state index in [1.807, 2.05) is 48.5 Å². The predicted octanol–water partition coefficient (Wildman–Crippen LogP) is 4.34. The van der Waals surface area contributed by atoms with Crippen molar-refractivity contribution in [1.29, 1.82) is 0 Å². The van der Waals surface area contributed by atoms with Crippen LogP contribution in [-0.2, 0) is 11.2 Å². The summed E-state index contributed by atoms with van der Waals surface area (Å²) in [5.41, 5.74) is 1.95. The second-order valence-electron chi connectivity index (χ2n) is 8.26. The van der Waals surface area contributed by atoms with E-state index < -0.39 is 0 Å². The summed E-state index contributed by atoms with van der Waals surface area (Å²) in [6, 6.07) is 15.3. The van der Waals surface area contributed by atoms with Gasteiger partial charge in [-0.15, -0.1) is 0 Å². The Morgan fingerprint density at radius 2 is 1.73 bits per heavy atom. The van der Waals surface area contributed by atoms with Gasteiger partial charge in [-0.3, -0.25) is 9.59 Å². The van der Waals surface area contributed by atoms with Crippen molar-refractivity contribution in [3.63, 3.8) is 0 Å². The van der Waals surface area contributed by atoms with Gasteiger partial charge in [-0.1, -0.05) is 55.7 Å². The van der Waals surface area contributed by atoms with Gasteiger partial charge in [0.05, 0.1) is 6.54 Å². The van der Waals surface area contributed by atoms with Gasteiger partial charge in [0, 0.05) is 18.4 Å². The number of fused-ring (bicyclic) bond motifs is 1. The van der Waals surface area contributed by atoms with Crippen molar-refractivity contribution < 1.29 is 19.1 Å². The van der Waals surface area contributed by atoms with Crippen LogP contribution in [0.2, 0.25) is 0 Å². The van der Waals surface area contributed by atoms with E-state index in [9.17, 15) is 9.59 Å². The standard InChI is InChI=1S/C25H29NO4/c27-22(20-12-10-19(11-13-20)5-3-4-18-8-9-18)14-15-25(28)26-16-21-17-29-23-6-1-2-7-24(23)30-21/h1-2,6-7,10-13,18,21H,3-5,8-9,14-17H2,(H,26,28). The Balaban J connectivity index is 1.15. The number of para-hydroxylation sites is 2. The van der Waals surface area contributed by atoms with E-state index in [4.69, 9.17) is 9.47 Å². The molecule has 30 heavy (non-hydrogen) atoms. The molecule has 0 spiro atoms. The first-order valence-corrected chi connectivity index (χ1v) is 10.9. The normalized spacial score (nSPS) is 17.4. The Hall–Kier alpha value is -2.82. The Bertz CT molecular complexity index is 873. The van der Waals surface area contributed by atoms with Crippen LogP contribution in [0.5, 0.6) is 11.5 Å². The molecular weight excluding hydrogens is 378 g/mol. The van der Waals surface area contributed by atoms with Crippen molar-refractivity contribution in [1.82, 2.24) is 5.32 Å². The molecule has 1 fully saturated rings. The molecule has 5 heteroatoms. The average Bonchev–Trinajstić information content (AvgIpc) is 3.61. The number of ketones is 1. The number of nitrogens with one attached hydrogen (secondary N) is 1. The molecule has 1 amide bonds. The van der Waals surface area contributed by atoms with Crippen molar-refractivity contribution in [2.75, 3.05) is 13.2 Å². The van der Waals surface area contributed by atoms with Crippen LogP contribution in [0.4, 0.5) is 0 Å². The molecule has 1 heterocycles. The molecule has 5 nitrogen and oxygen atoms in total. The minimum Gasteiger partial charge on any atom is -0.486 e. The van der Waals surface area contributed by atoms with Gasteiger partial charge in [0.1, 0.15) is 12.7 Å². The fourth-order valence-electron chi connectivity index (χ4n) is 3.71. The molecule has 2 aromatic carbocycles. The zero-order valence-electron chi connectivity index (χ0n) is 17.3. The van der Waals surface area contributed by atoms with E-state index in [0.29, 0.717) is 24.5 Å². The molecule has 1 N–H and O–H groups in total. The largest absolute Gasteiger partial charge is 0.486 e. The first-order chi connectivity index (χ1) is 14.7. The molecule has 1 aliphatic heterocycles. The fraction of sp³-hybridized carbons (Fsp3) is 0.440. The van der Waals surface area contributed by atoms with Gasteiger partial charge in [0.25, 0.3) is 0 Å². The highest BCUT2D eigenvalue weighted by Gasteiger charge is 2.21. The lowest BCUT2D eigenvalue weighted by molar-refractivity contribution is -0.121. The molecule has 1 unspecified atom stereocenters. The molecule has 4 rings (SSSR count). The summed E-state index contributed by atoms with van der Waals surface area (Å²) in [6.07, 6.45) is 6.56. The highest BCUT2D eigenvalue weighted by atomic mass is 16.6. The minimum atomic E-state index is -0.230. The summed E-state index contributed by atoms with van der Waals surface area (Å²) in [5, 5.41) is 2.84. The van der Waals surface area contributed by atoms with Crippen LogP contribution < -0.4 is 14.8 Å². The Labute approximate surface area is 177 Å². The number of Topliss-reactive ketones (excluding diaryl/α,β-unsaturated/α-hetero) is 1. The molecule has 0 saturated heterocycles. The molecule has 1 saturated carbocycles. The van der Waals surface area contributed by atoms with Crippen LogP contribution in [0.25, 0.3) is 0 Å². The number of carbonyl (C=O) groups is 2. The number of benzene rings is 2. The van der Waals surface area contributed by atoms with Crippen molar-refractivity contribution in [2.24, 2.45) is 5.92 Å². The molecule has 0 aromatic heterocycles. The maximum atomic E-state index is 12.4. The first-order valence-electron chi connectivity index (χ1n) is 10.9. The Kier molecular flexibility index (Phi) is 6.67. The minimum absolute atomic E-state index is 0.000794. The number of ether oxygens (including phenoxy) is 2. The first kappa shape index (κ1) is 20.5. The van der Waals surface area contributed by atoms with Crippen molar-refractivity contribution in [2.45, 2.75) is 51.0 Å². The summed E-state index contributed by atoms with van der Waals surface area (Å²) in [6.45, 7) is 0.750. The lowest BCUT2D eigenvalue weighted by Gasteiger charge is -2.26. The summed E-state index contributed by atoms with van der Waals surface area (Å²) in [5.74, 6) is 2.22. The van der Waals surface area contributed by atoms with Gasteiger partial charge in [-0.2, -0.15) is 0 Å². The molecule has 2 aliphatic rings. The van der Waals surface area contributed by atoms with E-state index in [1.54, 1.807) is 0 Å². The number of amides is 1. The van der Waals surface area contributed by atoms with Gasteiger partial charge >= 0.3 is 0 Å². The van der Waals surface area contributed by atoms with Gasteiger partial charge in [-0.05, 0) is 36.5 Å². The monoisotopic (exact) mass is 407 g/mol. The van der Waals surface area contributed by atoms with Crippen LogP contribution in [0, 0.1) is 5.92 Å². The summed E-state index contributed by atoms with van der Waals surface area (Å²) >= 11 is 0. The molecule has 158 valence electrons. The van der Waals surface area contributed by atoms with Crippen LogP contribution in [0.3, 0.4) is 0 Å². The van der Waals surface area contributed by atoms with Crippen molar-refractivity contribution in [3.8, 4) is 11.5 Å². The quantitative estimate of drug-likeness (QED) is 0.595. The highest BCUT2D eigenvalue weighted by molar-refractivity contribution is 5.97. The number of hydrogen-bond acceptors (Lipinski definition) is 4. The van der Waals surface area contributed by atoms with E-state index in [1.165, 1.54) is 31.2 Å². The summed E-state index contributed by atoms with van der Waals surface area (Å²) < 4.78 is 11.5. The molecular formula is C25H29NO4. The third kappa shape index (κ3) is 5.85.